The highest BCUT2D eigenvalue weighted by Gasteiger charge is 2.32. The number of sulfone groups is 1. The summed E-state index contributed by atoms with van der Waals surface area (Å²) < 4.78 is 33.7. The number of aromatic nitrogens is 3. The average Bonchev–Trinajstić information content (AvgIpc) is 3.01. The normalized spacial score (nSPS) is 15.9. The van der Waals surface area contributed by atoms with Gasteiger partial charge in [-0.15, -0.1) is 0 Å². The lowest BCUT2D eigenvalue weighted by Gasteiger charge is -2.24. The first-order valence-electron chi connectivity index (χ1n) is 9.03. The van der Waals surface area contributed by atoms with Crippen LogP contribution in [0.15, 0.2) is 46.5 Å². The monoisotopic (exact) mass is 386 g/mol. The molecule has 1 aliphatic carbocycles. The van der Waals surface area contributed by atoms with Gasteiger partial charge in [-0.2, -0.15) is 0 Å². The van der Waals surface area contributed by atoms with Crippen LogP contribution in [0, 0.1) is 0 Å². The summed E-state index contributed by atoms with van der Waals surface area (Å²) >= 11 is 0. The molecule has 1 saturated carbocycles. The summed E-state index contributed by atoms with van der Waals surface area (Å²) in [7, 11) is -2.31. The van der Waals surface area contributed by atoms with Crippen molar-refractivity contribution in [2.45, 2.75) is 47.9 Å². The molecule has 4 rings (SSSR count). The molecule has 0 amide bonds. The molecule has 2 N–H and O–H groups in total. The van der Waals surface area contributed by atoms with E-state index in [4.69, 9.17) is 10.5 Å². The molecule has 27 heavy (non-hydrogen) atoms. The summed E-state index contributed by atoms with van der Waals surface area (Å²) in [6, 6.07) is 6.43. The molecule has 8 heteroatoms. The predicted molar refractivity (Wildman–Crippen MR) is 103 cm³/mol. The molecule has 0 bridgehead atoms. The maximum Gasteiger partial charge on any atom is 0.212 e. The van der Waals surface area contributed by atoms with Crippen molar-refractivity contribution in [1.29, 1.82) is 0 Å². The Bertz CT molecular complexity index is 1070. The third kappa shape index (κ3) is 2.93. The predicted octanol–water partition coefficient (Wildman–Crippen LogP) is 3.36. The van der Waals surface area contributed by atoms with Crippen LogP contribution < -0.4 is 10.5 Å². The molecule has 1 aliphatic rings. The van der Waals surface area contributed by atoms with Gasteiger partial charge < -0.3 is 15.0 Å². The molecule has 1 aromatic carbocycles. The van der Waals surface area contributed by atoms with Crippen molar-refractivity contribution in [2.75, 3.05) is 12.8 Å². The number of hydrogen-bond donors (Lipinski definition) is 1. The Morgan fingerprint density at radius 2 is 1.74 bits per heavy atom. The third-order valence-corrected chi connectivity index (χ3v) is 7.03. The van der Waals surface area contributed by atoms with E-state index in [1.807, 2.05) is 4.57 Å². The number of hydrogen-bond acceptors (Lipinski definition) is 6. The lowest BCUT2D eigenvalue weighted by Crippen LogP contribution is -2.16. The fourth-order valence-corrected chi connectivity index (χ4v) is 5.36. The molecule has 2 aromatic heterocycles. The smallest absolute Gasteiger partial charge is 0.212 e. The van der Waals surface area contributed by atoms with E-state index in [-0.39, 0.29) is 21.7 Å². The summed E-state index contributed by atoms with van der Waals surface area (Å²) in [6.45, 7) is 0. The standard InChI is InChI=1S/C19H22N4O3S/c1-26-14-7-9-15(10-8-14)27(24,25)17-16-19(22-12-11-21-16)23(18(17)20)13-5-3-2-4-6-13/h7-13H,2-6,20H2,1H3. The van der Waals surface area contributed by atoms with Gasteiger partial charge in [-0.3, -0.25) is 0 Å². The van der Waals surface area contributed by atoms with E-state index in [0.717, 1.165) is 25.7 Å². The van der Waals surface area contributed by atoms with Crippen LogP contribution in [-0.4, -0.2) is 30.1 Å². The summed E-state index contributed by atoms with van der Waals surface area (Å²) in [4.78, 5) is 8.92. The lowest BCUT2D eigenvalue weighted by molar-refractivity contribution is 0.362. The van der Waals surface area contributed by atoms with Gasteiger partial charge >= 0.3 is 0 Å². The van der Waals surface area contributed by atoms with Crippen LogP contribution in [0.4, 0.5) is 5.82 Å². The molecule has 3 aromatic rings. The number of nitrogens with two attached hydrogens (primary N) is 1. The van der Waals surface area contributed by atoms with Gasteiger partial charge in [-0.05, 0) is 37.1 Å². The molecule has 1 fully saturated rings. The van der Waals surface area contributed by atoms with E-state index in [2.05, 4.69) is 9.97 Å². The Hall–Kier alpha value is -2.61. The number of nitrogens with zero attached hydrogens (tertiary/aromatic N) is 3. The summed E-state index contributed by atoms with van der Waals surface area (Å²) in [6.07, 6.45) is 8.40. The molecule has 0 radical (unpaired) electrons. The molecule has 2 heterocycles. The SMILES string of the molecule is COc1ccc(S(=O)(=O)c2c(N)n(C3CCCCC3)c3nccnc23)cc1. The van der Waals surface area contributed by atoms with Gasteiger partial charge in [0.15, 0.2) is 5.65 Å². The summed E-state index contributed by atoms with van der Waals surface area (Å²) in [5.74, 6) is 0.810. The quantitative estimate of drug-likeness (QED) is 0.738. The van der Waals surface area contributed by atoms with Crippen LogP contribution in [-0.2, 0) is 9.84 Å². The van der Waals surface area contributed by atoms with Crippen molar-refractivity contribution in [3.63, 3.8) is 0 Å². The minimum absolute atomic E-state index is 0.0429. The summed E-state index contributed by atoms with van der Waals surface area (Å²) in [5, 5.41) is 0. The first-order valence-corrected chi connectivity index (χ1v) is 10.5. The Balaban J connectivity index is 1.92. The highest BCUT2D eigenvalue weighted by molar-refractivity contribution is 7.92. The second-order valence-electron chi connectivity index (χ2n) is 6.78. The van der Waals surface area contributed by atoms with Crippen molar-refractivity contribution in [2.24, 2.45) is 0 Å². The van der Waals surface area contributed by atoms with Crippen molar-refractivity contribution >= 4 is 26.8 Å². The Kier molecular flexibility index (Phi) is 4.51. The molecule has 0 unspecified atom stereocenters. The zero-order chi connectivity index (χ0) is 19.0. The van der Waals surface area contributed by atoms with Gasteiger partial charge in [0.2, 0.25) is 9.84 Å². The Morgan fingerprint density at radius 3 is 2.41 bits per heavy atom. The van der Waals surface area contributed by atoms with Gasteiger partial charge in [0.05, 0.1) is 12.0 Å². The van der Waals surface area contributed by atoms with Crippen LogP contribution in [0.5, 0.6) is 5.75 Å². The third-order valence-electron chi connectivity index (χ3n) is 5.19. The van der Waals surface area contributed by atoms with Gasteiger partial charge in [-0.1, -0.05) is 19.3 Å². The maximum absolute atomic E-state index is 13.4. The number of methoxy groups -OCH3 is 1. The molecular weight excluding hydrogens is 364 g/mol. The molecule has 0 aliphatic heterocycles. The van der Waals surface area contributed by atoms with E-state index in [9.17, 15) is 8.42 Å². The highest BCUT2D eigenvalue weighted by atomic mass is 32.2. The number of fused-ring (bicyclic) bond motifs is 1. The zero-order valence-corrected chi connectivity index (χ0v) is 15.9. The maximum atomic E-state index is 13.4. The van der Waals surface area contributed by atoms with Crippen LogP contribution in [0.3, 0.4) is 0 Å². The average molecular weight is 386 g/mol. The molecule has 7 nitrogen and oxygen atoms in total. The number of nitrogen functional groups attached to an aromatic ring is 1. The minimum Gasteiger partial charge on any atom is -0.497 e. The van der Waals surface area contributed by atoms with Gasteiger partial charge in [0.1, 0.15) is 22.0 Å². The molecular formula is C19H22N4O3S. The van der Waals surface area contributed by atoms with Gasteiger partial charge in [0.25, 0.3) is 0 Å². The van der Waals surface area contributed by atoms with E-state index < -0.39 is 9.84 Å². The lowest BCUT2D eigenvalue weighted by atomic mass is 9.95. The van der Waals surface area contributed by atoms with Gasteiger partial charge in [-0.25, -0.2) is 18.4 Å². The topological polar surface area (TPSA) is 100 Å². The second-order valence-corrected chi connectivity index (χ2v) is 8.67. The van der Waals surface area contributed by atoms with E-state index >= 15 is 0 Å². The first-order chi connectivity index (χ1) is 13.0. The minimum atomic E-state index is -3.84. The zero-order valence-electron chi connectivity index (χ0n) is 15.1. The van der Waals surface area contributed by atoms with Crippen molar-refractivity contribution in [3.8, 4) is 5.75 Å². The molecule has 0 atom stereocenters. The largest absolute Gasteiger partial charge is 0.497 e. The molecule has 0 spiro atoms. The highest BCUT2D eigenvalue weighted by Crippen LogP contribution is 2.39. The number of benzene rings is 1. The Labute approximate surface area is 158 Å². The molecule has 142 valence electrons. The Morgan fingerprint density at radius 1 is 1.07 bits per heavy atom. The van der Waals surface area contributed by atoms with Gasteiger partial charge in [0, 0.05) is 18.4 Å². The molecule has 0 saturated heterocycles. The van der Waals surface area contributed by atoms with Crippen molar-refractivity contribution in [1.82, 2.24) is 14.5 Å². The van der Waals surface area contributed by atoms with Crippen LogP contribution >= 0.6 is 0 Å². The van der Waals surface area contributed by atoms with E-state index in [1.54, 1.807) is 18.3 Å². The van der Waals surface area contributed by atoms with Crippen molar-refractivity contribution < 1.29 is 13.2 Å². The fourth-order valence-electron chi connectivity index (χ4n) is 3.86. The van der Waals surface area contributed by atoms with E-state index in [1.165, 1.54) is 31.9 Å². The number of rotatable bonds is 4. The second kappa shape index (κ2) is 6.84. The van der Waals surface area contributed by atoms with Crippen molar-refractivity contribution in [3.05, 3.63) is 36.7 Å². The number of anilines is 1. The van der Waals surface area contributed by atoms with Crippen LogP contribution in [0.2, 0.25) is 0 Å². The number of ether oxygens (including phenoxy) is 1. The van der Waals surface area contributed by atoms with Crippen LogP contribution in [0.25, 0.3) is 11.2 Å². The van der Waals surface area contributed by atoms with E-state index in [0.29, 0.717) is 16.9 Å². The first kappa shape index (κ1) is 17.8. The fraction of sp³-hybridized carbons (Fsp3) is 0.368. The summed E-state index contributed by atoms with van der Waals surface area (Å²) in [5.41, 5.74) is 7.27. The van der Waals surface area contributed by atoms with Crippen LogP contribution in [0.1, 0.15) is 38.1 Å².